The number of likely N-dealkylation sites (N-methyl/N-ethyl adjacent to an activating group) is 1. The molecule has 0 atom stereocenters. The third-order valence-corrected chi connectivity index (χ3v) is 6.21. The monoisotopic (exact) mass is 521 g/mol. The summed E-state index contributed by atoms with van der Waals surface area (Å²) in [4.78, 5) is 65.5. The Morgan fingerprint density at radius 2 is 1.66 bits per heavy atom. The van der Waals surface area contributed by atoms with Crippen LogP contribution in [0.15, 0.2) is 53.3 Å². The maximum Gasteiger partial charge on any atom is 0.305 e. The highest BCUT2D eigenvalue weighted by molar-refractivity contribution is 6.11. The Balaban J connectivity index is 0.00000195. The third kappa shape index (κ3) is 5.36. The van der Waals surface area contributed by atoms with Gasteiger partial charge >= 0.3 is 5.97 Å². The predicted octanol–water partition coefficient (Wildman–Crippen LogP) is 2.66. The minimum atomic E-state index is -1.09. The number of carbonyl (C=O) groups excluding carboxylic acids is 3. The highest BCUT2D eigenvalue weighted by atomic mass is 16.4. The molecule has 0 fully saturated rings. The Kier molecular flexibility index (Phi) is 8.51. The molecule has 0 radical (unpaired) electrons. The van der Waals surface area contributed by atoms with Gasteiger partial charge in [-0.3, -0.25) is 28.7 Å². The van der Waals surface area contributed by atoms with Crippen LogP contribution in [-0.4, -0.2) is 63.2 Å². The van der Waals surface area contributed by atoms with E-state index >= 15 is 0 Å². The van der Waals surface area contributed by atoms with E-state index in [-0.39, 0.29) is 42.2 Å². The number of anilines is 2. The van der Waals surface area contributed by atoms with Gasteiger partial charge in [0.25, 0.3) is 17.4 Å². The summed E-state index contributed by atoms with van der Waals surface area (Å²) in [6.45, 7) is 5.27. The fraction of sp³-hybridized carbons (Fsp3) is 0.296. The van der Waals surface area contributed by atoms with Crippen LogP contribution in [0.3, 0.4) is 0 Å². The summed E-state index contributed by atoms with van der Waals surface area (Å²) in [6, 6.07) is 13.4. The Morgan fingerprint density at radius 1 is 1.00 bits per heavy atom. The van der Waals surface area contributed by atoms with Gasteiger partial charge in [-0.15, -0.1) is 0 Å². The average Bonchev–Trinajstić information content (AvgIpc) is 3.09. The lowest BCUT2D eigenvalue weighted by Gasteiger charge is -2.19. The lowest BCUT2D eigenvalue weighted by atomic mass is 10.1. The summed E-state index contributed by atoms with van der Waals surface area (Å²) in [6.07, 6.45) is -0.310. The predicted molar refractivity (Wildman–Crippen MR) is 143 cm³/mol. The van der Waals surface area contributed by atoms with Crippen molar-refractivity contribution in [2.45, 2.75) is 27.2 Å². The number of carbonyl (C=O) groups is 4. The van der Waals surface area contributed by atoms with E-state index in [1.165, 1.54) is 39.7 Å². The molecule has 1 aromatic heterocycles. The number of hydrogen-bond acceptors (Lipinski definition) is 5. The fourth-order valence-corrected chi connectivity index (χ4v) is 4.16. The number of aromatic nitrogens is 2. The lowest BCUT2D eigenvalue weighted by molar-refractivity contribution is -0.137. The van der Waals surface area contributed by atoms with Crippen LogP contribution in [0.1, 0.15) is 46.7 Å². The van der Waals surface area contributed by atoms with Crippen molar-refractivity contribution >= 4 is 35.1 Å². The number of fused-ring (bicyclic) bond motifs is 1. The first-order valence-corrected chi connectivity index (χ1v) is 12.2. The van der Waals surface area contributed by atoms with Gasteiger partial charge in [-0.2, -0.15) is 0 Å². The van der Waals surface area contributed by atoms with E-state index in [9.17, 15) is 24.0 Å². The number of aliphatic carboxylic acids is 1. The van der Waals surface area contributed by atoms with Gasteiger partial charge < -0.3 is 20.2 Å². The summed E-state index contributed by atoms with van der Waals surface area (Å²) >= 11 is 0. The molecule has 0 saturated carbocycles. The van der Waals surface area contributed by atoms with E-state index < -0.39 is 23.3 Å². The highest BCUT2D eigenvalue weighted by Gasteiger charge is 2.30. The Labute approximate surface area is 219 Å². The van der Waals surface area contributed by atoms with Crippen LogP contribution in [-0.2, 0) is 16.6 Å². The molecule has 0 spiro atoms. The SMILES string of the molecule is CC.Cc1c(C(=O)Nc2ccc3c(c2)C(=O)N(CCC(=O)O)CC(=O)N3C)c(=O)n(-c2ccccc2)n1C. The van der Waals surface area contributed by atoms with E-state index in [1.807, 2.05) is 19.9 Å². The van der Waals surface area contributed by atoms with Gasteiger partial charge in [0.15, 0.2) is 0 Å². The van der Waals surface area contributed by atoms with E-state index in [2.05, 4.69) is 5.32 Å². The molecule has 0 bridgehead atoms. The van der Waals surface area contributed by atoms with Crippen molar-refractivity contribution in [2.75, 3.05) is 30.4 Å². The molecule has 4 rings (SSSR count). The number of para-hydroxylation sites is 1. The van der Waals surface area contributed by atoms with Crippen molar-refractivity contribution in [1.82, 2.24) is 14.3 Å². The minimum absolute atomic E-state index is 0.0435. The molecule has 1 aliphatic heterocycles. The van der Waals surface area contributed by atoms with Gasteiger partial charge in [-0.1, -0.05) is 32.0 Å². The second-order valence-corrected chi connectivity index (χ2v) is 8.45. The Morgan fingerprint density at radius 3 is 2.29 bits per heavy atom. The molecule has 3 amide bonds. The van der Waals surface area contributed by atoms with E-state index in [1.54, 1.807) is 42.9 Å². The molecule has 38 heavy (non-hydrogen) atoms. The summed E-state index contributed by atoms with van der Waals surface area (Å²) < 4.78 is 2.99. The summed E-state index contributed by atoms with van der Waals surface area (Å²) in [7, 11) is 3.20. The first-order valence-electron chi connectivity index (χ1n) is 12.2. The molecule has 0 saturated heterocycles. The largest absolute Gasteiger partial charge is 0.481 e. The van der Waals surface area contributed by atoms with Crippen LogP contribution in [0.25, 0.3) is 5.69 Å². The zero-order valence-electron chi connectivity index (χ0n) is 22.0. The van der Waals surface area contributed by atoms with Crippen molar-refractivity contribution in [3.05, 3.63) is 75.7 Å². The van der Waals surface area contributed by atoms with E-state index in [4.69, 9.17) is 5.11 Å². The van der Waals surface area contributed by atoms with Crippen LogP contribution in [0.5, 0.6) is 0 Å². The molecule has 11 nitrogen and oxygen atoms in total. The van der Waals surface area contributed by atoms with Gasteiger partial charge in [0.1, 0.15) is 12.1 Å². The normalized spacial score (nSPS) is 12.9. The molecule has 200 valence electrons. The number of amides is 3. The Bertz CT molecular complexity index is 1440. The number of nitrogens with zero attached hydrogens (tertiary/aromatic N) is 4. The Hall–Kier alpha value is -4.67. The topological polar surface area (TPSA) is 134 Å². The van der Waals surface area contributed by atoms with Crippen LogP contribution in [0.4, 0.5) is 11.4 Å². The summed E-state index contributed by atoms with van der Waals surface area (Å²) in [5.41, 5.74) is 1.25. The standard InChI is InChI=1S/C25H25N5O6.C2H6/c1-15-22(25(36)30(28(15)3)17-7-5-4-6-8-17)23(34)26-16-9-10-19-18(13-16)24(35)29(12-11-21(32)33)14-20(31)27(19)2;1-2/h4-10,13H,11-12,14H2,1-3H3,(H,26,34)(H,32,33);1-2H3. The number of rotatable bonds is 6. The van der Waals surface area contributed by atoms with Crippen molar-refractivity contribution in [3.8, 4) is 5.69 Å². The van der Waals surface area contributed by atoms with Crippen LogP contribution in [0, 0.1) is 6.92 Å². The molecular formula is C27H31N5O6. The van der Waals surface area contributed by atoms with Crippen LogP contribution < -0.4 is 15.8 Å². The second-order valence-electron chi connectivity index (χ2n) is 8.45. The minimum Gasteiger partial charge on any atom is -0.481 e. The summed E-state index contributed by atoms with van der Waals surface area (Å²) in [5.74, 6) is -2.63. The van der Waals surface area contributed by atoms with Gasteiger partial charge in [0, 0.05) is 26.3 Å². The molecule has 3 aromatic rings. The third-order valence-electron chi connectivity index (χ3n) is 6.21. The highest BCUT2D eigenvalue weighted by Crippen LogP contribution is 2.28. The zero-order chi connectivity index (χ0) is 28.1. The molecule has 0 unspecified atom stereocenters. The van der Waals surface area contributed by atoms with Crippen molar-refractivity contribution in [2.24, 2.45) is 7.05 Å². The number of carboxylic acids is 1. The molecule has 11 heteroatoms. The molecule has 2 aromatic carbocycles. The van der Waals surface area contributed by atoms with Gasteiger partial charge in [-0.25, -0.2) is 4.68 Å². The first kappa shape index (κ1) is 27.9. The van der Waals surface area contributed by atoms with Gasteiger partial charge in [0.2, 0.25) is 5.91 Å². The second kappa shape index (κ2) is 11.6. The quantitative estimate of drug-likeness (QED) is 0.512. The van der Waals surface area contributed by atoms with Gasteiger partial charge in [-0.05, 0) is 37.3 Å². The smallest absolute Gasteiger partial charge is 0.305 e. The lowest BCUT2D eigenvalue weighted by Crippen LogP contribution is -2.38. The fourth-order valence-electron chi connectivity index (χ4n) is 4.16. The maximum atomic E-state index is 13.2. The molecule has 2 N–H and O–H groups in total. The van der Waals surface area contributed by atoms with Crippen LogP contribution in [0.2, 0.25) is 0 Å². The molecule has 1 aliphatic rings. The van der Waals surface area contributed by atoms with Crippen molar-refractivity contribution < 1.29 is 24.3 Å². The van der Waals surface area contributed by atoms with Crippen LogP contribution >= 0.6 is 0 Å². The number of nitrogens with one attached hydrogen (secondary N) is 1. The number of carboxylic acid groups (broad SMARTS) is 1. The first-order chi connectivity index (χ1) is 18.1. The van der Waals surface area contributed by atoms with Crippen molar-refractivity contribution in [1.29, 1.82) is 0 Å². The van der Waals surface area contributed by atoms with Crippen molar-refractivity contribution in [3.63, 3.8) is 0 Å². The van der Waals surface area contributed by atoms with E-state index in [0.717, 1.165) is 0 Å². The van der Waals surface area contributed by atoms with E-state index in [0.29, 0.717) is 17.1 Å². The maximum absolute atomic E-state index is 13.2. The summed E-state index contributed by atoms with van der Waals surface area (Å²) in [5, 5.41) is 11.7. The number of hydrogen-bond donors (Lipinski definition) is 2. The van der Waals surface area contributed by atoms with Gasteiger partial charge in [0.05, 0.1) is 29.1 Å². The zero-order valence-corrected chi connectivity index (χ0v) is 22.0. The molecule has 2 heterocycles. The molecule has 0 aliphatic carbocycles. The molecular weight excluding hydrogens is 490 g/mol. The average molecular weight is 522 g/mol. The number of benzene rings is 2.